The predicted molar refractivity (Wildman–Crippen MR) is 53.9 cm³/mol. The summed E-state index contributed by atoms with van der Waals surface area (Å²) >= 11 is 0. The van der Waals surface area contributed by atoms with E-state index in [0.29, 0.717) is 0 Å². The summed E-state index contributed by atoms with van der Waals surface area (Å²) in [7, 11) is 0. The molecule has 0 aromatic heterocycles. The van der Waals surface area contributed by atoms with Gasteiger partial charge in [0.2, 0.25) is 0 Å². The predicted octanol–water partition coefficient (Wildman–Crippen LogP) is -2.32. The number of hydrogen-bond donors (Lipinski definition) is 0. The average molecular weight is 175 g/mol. The monoisotopic (exact) mass is 175 g/mol. The zero-order valence-corrected chi connectivity index (χ0v) is 9.96. The molecule has 0 aliphatic carbocycles. The maximum atomic E-state index is 2.31. The molecule has 1 aromatic rings. The summed E-state index contributed by atoms with van der Waals surface area (Å²) in [6, 6.07) is 10.5. The minimum absolute atomic E-state index is 0. The number of rotatable bonds is 4. The van der Waals surface area contributed by atoms with Crippen molar-refractivity contribution in [3.63, 3.8) is 0 Å². The summed E-state index contributed by atoms with van der Waals surface area (Å²) in [4.78, 5) is 0. The molecule has 0 bridgehead atoms. The molecule has 14 heavy (non-hydrogen) atoms. The Hall–Kier alpha value is 0.285. The smallest absolute Gasteiger partial charge is 0.192 e. The first-order valence-corrected chi connectivity index (χ1v) is 4.71. The molecule has 0 nitrogen and oxygen atoms in total. The largest absolute Gasteiger partial charge is 1.00 e. The topological polar surface area (TPSA) is 0 Å². The Labute approximate surface area is 112 Å². The second-order valence-electron chi connectivity index (χ2n) is 3.36. The van der Waals surface area contributed by atoms with Crippen molar-refractivity contribution in [1.29, 1.82) is 0 Å². The number of hydrogen-bond acceptors (Lipinski definition) is 0. The van der Waals surface area contributed by atoms with E-state index in [1.54, 1.807) is 0 Å². The van der Waals surface area contributed by atoms with Gasteiger partial charge in [0.15, 0.2) is 0 Å². The molecule has 1 aromatic carbocycles. The summed E-state index contributed by atoms with van der Waals surface area (Å²) in [6.45, 7) is 4.53. The van der Waals surface area contributed by atoms with Crippen molar-refractivity contribution in [2.75, 3.05) is 0 Å². The maximum Gasteiger partial charge on any atom is 1.00 e. The molecule has 1 rings (SSSR count). The van der Waals surface area contributed by atoms with Gasteiger partial charge in [-0.2, -0.15) is 24.1 Å². The van der Waals surface area contributed by atoms with E-state index in [0.717, 1.165) is 5.92 Å². The zero-order chi connectivity index (χ0) is 8.81. The third kappa shape index (κ3) is 6.70. The Kier molecular flexibility index (Phi) is 11.7. The van der Waals surface area contributed by atoms with Gasteiger partial charge in [0.1, 0.15) is 0 Å². The summed E-state index contributed by atoms with van der Waals surface area (Å²) in [5, 5.41) is 0. The van der Waals surface area contributed by atoms with Crippen LogP contribution in [0, 0.1) is 12.3 Å². The second-order valence-corrected chi connectivity index (χ2v) is 3.36. The van der Waals surface area contributed by atoms with E-state index in [1.165, 1.54) is 18.4 Å². The van der Waals surface area contributed by atoms with Crippen molar-refractivity contribution in [3.8, 4) is 0 Å². The van der Waals surface area contributed by atoms with E-state index < -0.39 is 0 Å². The summed E-state index contributed by atoms with van der Waals surface area (Å²) < 4.78 is 0. The molecule has 0 N–H and O–H groups in total. The first-order valence-electron chi connectivity index (χ1n) is 4.71. The number of benzene rings is 1. The molecule has 0 aliphatic rings. The van der Waals surface area contributed by atoms with E-state index in [9.17, 15) is 0 Å². The minimum atomic E-state index is 0. The van der Waals surface area contributed by atoms with Crippen molar-refractivity contribution in [2.45, 2.75) is 26.7 Å². The van der Waals surface area contributed by atoms with Crippen LogP contribution in [0.2, 0.25) is 0 Å². The third-order valence-electron chi connectivity index (χ3n) is 2.25. The van der Waals surface area contributed by atoms with Crippen molar-refractivity contribution < 1.29 is 37.7 Å². The van der Waals surface area contributed by atoms with Crippen LogP contribution in [0.5, 0.6) is 0 Å². The van der Waals surface area contributed by atoms with Gasteiger partial charge in [0.05, 0.1) is 0 Å². The van der Waals surface area contributed by atoms with Crippen LogP contribution in [0.25, 0.3) is 0 Å². The van der Waals surface area contributed by atoms with Crippen LogP contribution in [0.3, 0.4) is 0 Å². The Morgan fingerprint density at radius 1 is 1.14 bits per heavy atom. The Morgan fingerprint density at radius 3 is 2.21 bits per heavy atom. The minimum Gasteiger partial charge on any atom is -0.192 e. The Morgan fingerprint density at radius 2 is 1.71 bits per heavy atom. The molecule has 1 unspecified atom stereocenters. The summed E-state index contributed by atoms with van der Waals surface area (Å²) in [6.07, 6.45) is 4.78. The van der Waals surface area contributed by atoms with E-state index in [1.807, 2.05) is 0 Å². The van der Waals surface area contributed by atoms with E-state index in [4.69, 9.17) is 0 Å². The zero-order valence-electron chi connectivity index (χ0n) is 9.96. The molecule has 2 heteroatoms. The molecule has 0 spiro atoms. The fourth-order valence-electron chi connectivity index (χ4n) is 1.09. The molecule has 66 valence electrons. The van der Waals surface area contributed by atoms with Crippen LogP contribution < -0.4 is 37.7 Å². The van der Waals surface area contributed by atoms with Gasteiger partial charge in [-0.05, 0) is 0 Å². The molecular formula is C12H17Li2+. The third-order valence-corrected chi connectivity index (χ3v) is 2.25. The first kappa shape index (κ1) is 16.7. The van der Waals surface area contributed by atoms with Gasteiger partial charge < -0.3 is 0 Å². The van der Waals surface area contributed by atoms with Gasteiger partial charge in [-0.15, -0.1) is 12.1 Å². The molecular weight excluding hydrogens is 158 g/mol. The van der Waals surface area contributed by atoms with Crippen LogP contribution in [0.15, 0.2) is 30.3 Å². The van der Waals surface area contributed by atoms with Crippen LogP contribution in [0.4, 0.5) is 0 Å². The van der Waals surface area contributed by atoms with Gasteiger partial charge in [-0.1, -0.05) is 38.7 Å². The Bertz CT molecular complexity index is 209. The van der Waals surface area contributed by atoms with Gasteiger partial charge in [0.25, 0.3) is 0 Å². The van der Waals surface area contributed by atoms with Crippen molar-refractivity contribution in [1.82, 2.24) is 0 Å². The quantitative estimate of drug-likeness (QED) is 0.356. The standard InChI is InChI=1S/C12H17.2Li/c1-3-11(2)9-10-12-7-5-4-6-8-12;;/h4-8,10-11H,3,9H2,1-2H3;;/q-1;2*+1. The van der Waals surface area contributed by atoms with E-state index in [-0.39, 0.29) is 37.7 Å². The van der Waals surface area contributed by atoms with E-state index >= 15 is 0 Å². The average Bonchev–Trinajstić information content (AvgIpc) is 2.16. The van der Waals surface area contributed by atoms with Gasteiger partial charge in [-0.25, -0.2) is 0 Å². The van der Waals surface area contributed by atoms with Gasteiger partial charge in [-0.3, -0.25) is 0 Å². The second kappa shape index (κ2) is 9.83. The van der Waals surface area contributed by atoms with Crippen molar-refractivity contribution in [3.05, 3.63) is 42.3 Å². The fourth-order valence-corrected chi connectivity index (χ4v) is 1.09. The molecule has 0 fully saturated rings. The van der Waals surface area contributed by atoms with Crippen LogP contribution in [0.1, 0.15) is 32.3 Å². The van der Waals surface area contributed by atoms with E-state index in [2.05, 4.69) is 50.6 Å². The molecule has 0 saturated carbocycles. The van der Waals surface area contributed by atoms with Crippen LogP contribution in [-0.4, -0.2) is 0 Å². The molecule has 1 atom stereocenters. The summed E-state index contributed by atoms with van der Waals surface area (Å²) in [5.74, 6) is 0.810. The van der Waals surface area contributed by atoms with Gasteiger partial charge in [0, 0.05) is 0 Å². The van der Waals surface area contributed by atoms with Crippen LogP contribution >= 0.6 is 0 Å². The first-order chi connectivity index (χ1) is 5.83. The molecule has 0 radical (unpaired) electrons. The SMILES string of the molecule is CCC(C)C[CH-]c1ccccc1.[Li+].[Li+]. The fraction of sp³-hybridized carbons (Fsp3) is 0.417. The van der Waals surface area contributed by atoms with Crippen LogP contribution in [-0.2, 0) is 0 Å². The van der Waals surface area contributed by atoms with Crippen molar-refractivity contribution in [2.24, 2.45) is 5.92 Å². The summed E-state index contributed by atoms with van der Waals surface area (Å²) in [5.41, 5.74) is 1.35. The molecule has 0 heterocycles. The van der Waals surface area contributed by atoms with Gasteiger partial charge >= 0.3 is 37.7 Å². The van der Waals surface area contributed by atoms with Crippen molar-refractivity contribution >= 4 is 0 Å². The Balaban J connectivity index is 0. The maximum absolute atomic E-state index is 2.31. The molecule has 0 aliphatic heterocycles. The normalized spacial score (nSPS) is 10.7. The molecule has 0 amide bonds. The molecule has 0 saturated heterocycles.